The van der Waals surface area contributed by atoms with Gasteiger partial charge >= 0.3 is 5.97 Å². The van der Waals surface area contributed by atoms with Crippen molar-refractivity contribution in [3.8, 4) is 5.75 Å². The van der Waals surface area contributed by atoms with Gasteiger partial charge in [-0.15, -0.1) is 11.3 Å². The van der Waals surface area contributed by atoms with Gasteiger partial charge in [0.15, 0.2) is 21.7 Å². The summed E-state index contributed by atoms with van der Waals surface area (Å²) in [7, 11) is -4.02. The number of aromatic hydroxyl groups is 1. The Bertz CT molecular complexity index is 1420. The minimum Gasteiger partial charge on any atom is -0.768 e. The Kier molecular flexibility index (Phi) is 10.2. The van der Waals surface area contributed by atoms with Gasteiger partial charge < -0.3 is 24.1 Å². The van der Waals surface area contributed by atoms with Crippen LogP contribution in [0.5, 0.6) is 5.75 Å². The number of hydrogen-bond donors (Lipinski definition) is 4. The van der Waals surface area contributed by atoms with E-state index in [1.54, 1.807) is 6.92 Å². The fourth-order valence-corrected chi connectivity index (χ4v) is 7.66. The Morgan fingerprint density at radius 2 is 2.02 bits per heavy atom. The van der Waals surface area contributed by atoms with E-state index in [4.69, 9.17) is 14.9 Å². The number of nitrogens with zero attached hydrogens (tertiary/aromatic N) is 1. The number of aryl methyl sites for hydroxylation is 2. The van der Waals surface area contributed by atoms with Gasteiger partial charge in [0.05, 0.1) is 12.3 Å². The van der Waals surface area contributed by atoms with E-state index in [1.165, 1.54) is 16.6 Å². The Morgan fingerprint density at radius 1 is 1.38 bits per heavy atom. The van der Waals surface area contributed by atoms with Crippen LogP contribution in [0.25, 0.3) is 0 Å². The maximum absolute atomic E-state index is 13.3. The second-order valence-corrected chi connectivity index (χ2v) is 13.5. The lowest BCUT2D eigenvalue weighted by atomic mass is 10.0. The van der Waals surface area contributed by atoms with Crippen molar-refractivity contribution in [2.75, 3.05) is 18.5 Å². The number of carbonyl (C=O) groups is 1. The van der Waals surface area contributed by atoms with Crippen molar-refractivity contribution in [3.05, 3.63) is 39.1 Å². The minimum absolute atomic E-state index is 0.0951. The molecule has 0 radical (unpaired) electrons. The van der Waals surface area contributed by atoms with Gasteiger partial charge in [-0.1, -0.05) is 20.8 Å². The first-order valence-electron chi connectivity index (χ1n) is 12.8. The van der Waals surface area contributed by atoms with Gasteiger partial charge in [-0.25, -0.2) is 13.2 Å². The Morgan fingerprint density at radius 3 is 2.50 bits per heavy atom. The summed E-state index contributed by atoms with van der Waals surface area (Å²) in [6, 6.07) is 1.17. The normalized spacial score (nSPS) is 16.7. The fraction of sp³-hybridized carbons (Fsp3) is 0.520. The van der Waals surface area contributed by atoms with Crippen molar-refractivity contribution in [2.45, 2.75) is 70.7 Å². The van der Waals surface area contributed by atoms with Crippen LogP contribution in [-0.4, -0.2) is 57.6 Å². The molecule has 0 saturated heterocycles. The summed E-state index contributed by atoms with van der Waals surface area (Å²) in [6.07, 6.45) is 1.47. The van der Waals surface area contributed by atoms with Crippen LogP contribution < -0.4 is 16.0 Å². The van der Waals surface area contributed by atoms with Crippen LogP contribution in [0.1, 0.15) is 63.7 Å². The smallest absolute Gasteiger partial charge is 0.348 e. The molecule has 222 valence electrons. The van der Waals surface area contributed by atoms with E-state index < -0.39 is 49.5 Å². The molecule has 0 spiro atoms. The number of nitrogens with one attached hydrogen (secondary N) is 2. The number of thiophene rings is 1. The molecule has 15 heteroatoms. The average molecular weight is 617 g/mol. The Balaban J connectivity index is 2.14. The quantitative estimate of drug-likeness (QED) is 0.0848. The van der Waals surface area contributed by atoms with Gasteiger partial charge in [-0.2, -0.15) is 4.31 Å². The van der Waals surface area contributed by atoms with Crippen LogP contribution in [0.2, 0.25) is 0 Å². The van der Waals surface area contributed by atoms with E-state index in [9.17, 15) is 27.1 Å². The Labute approximate surface area is 240 Å². The van der Waals surface area contributed by atoms with Crippen molar-refractivity contribution in [3.63, 3.8) is 0 Å². The molecule has 2 atom stereocenters. The molecular formula is C25H36N4O8S3. The van der Waals surface area contributed by atoms with E-state index >= 15 is 0 Å². The van der Waals surface area contributed by atoms with Crippen molar-refractivity contribution >= 4 is 49.9 Å². The number of rotatable bonds is 13. The first-order valence-corrected chi connectivity index (χ1v) is 16.2. The maximum atomic E-state index is 13.3. The lowest BCUT2D eigenvalue weighted by Crippen LogP contribution is -2.78. The van der Waals surface area contributed by atoms with E-state index in [-0.39, 0.29) is 40.8 Å². The summed E-state index contributed by atoms with van der Waals surface area (Å²) >= 11 is -2.36. The average Bonchev–Trinajstić information content (AvgIpc) is 3.54. The number of sulfonamides is 1. The van der Waals surface area contributed by atoms with Gasteiger partial charge in [0.1, 0.15) is 16.4 Å². The molecule has 12 nitrogen and oxygen atoms in total. The molecular weight excluding hydrogens is 580 g/mol. The predicted molar refractivity (Wildman–Crippen MR) is 151 cm³/mol. The molecule has 0 aromatic carbocycles. The highest BCUT2D eigenvalue weighted by atomic mass is 32.2. The van der Waals surface area contributed by atoms with Crippen molar-refractivity contribution in [1.29, 1.82) is 0 Å². The SMILES string of the molecule is CCOC(=O)C(=C(Nc1csc(S(=O)(=O)N(CC)C2CC2)c1O)C(N)=[NH+]C(c1cc(C)c(C)o1)C(C)C)S(=O)[O-]. The van der Waals surface area contributed by atoms with Crippen LogP contribution >= 0.6 is 11.3 Å². The lowest BCUT2D eigenvalue weighted by molar-refractivity contribution is -0.523. The van der Waals surface area contributed by atoms with Crippen LogP contribution in [0.4, 0.5) is 5.69 Å². The molecule has 2 aromatic heterocycles. The van der Waals surface area contributed by atoms with Crippen LogP contribution in [0.3, 0.4) is 0 Å². The molecule has 5 N–H and O–H groups in total. The summed E-state index contributed by atoms with van der Waals surface area (Å²) in [5, 5.41) is 14.9. The number of anilines is 1. The van der Waals surface area contributed by atoms with Crippen LogP contribution in [-0.2, 0) is 30.6 Å². The van der Waals surface area contributed by atoms with Crippen LogP contribution in [0, 0.1) is 19.8 Å². The number of nitrogens with two attached hydrogens (primary N) is 1. The number of carbonyl (C=O) groups excluding carboxylic acids is 1. The topological polar surface area (TPSA) is 189 Å². The predicted octanol–water partition coefficient (Wildman–Crippen LogP) is 1.74. The molecule has 2 heterocycles. The molecule has 2 aromatic rings. The molecule has 1 fully saturated rings. The summed E-state index contributed by atoms with van der Waals surface area (Å²) in [5.41, 5.74) is 6.73. The number of hydrogen-bond acceptors (Lipinski definition) is 10. The third kappa shape index (κ3) is 6.77. The number of amidine groups is 1. The van der Waals surface area contributed by atoms with Gasteiger partial charge in [0.2, 0.25) is 0 Å². The second-order valence-electron chi connectivity index (χ2n) is 9.68. The van der Waals surface area contributed by atoms with E-state index in [0.29, 0.717) is 11.5 Å². The molecule has 1 aliphatic carbocycles. The molecule has 0 amide bonds. The molecule has 2 unspecified atom stereocenters. The third-order valence-electron chi connectivity index (χ3n) is 6.39. The van der Waals surface area contributed by atoms with Crippen molar-refractivity contribution < 1.29 is 41.2 Å². The summed E-state index contributed by atoms with van der Waals surface area (Å²) in [6.45, 7) is 10.8. The summed E-state index contributed by atoms with van der Waals surface area (Å²) in [4.78, 5) is 14.9. The zero-order valence-electron chi connectivity index (χ0n) is 23.3. The van der Waals surface area contributed by atoms with E-state index in [1.807, 2.05) is 33.8 Å². The highest BCUT2D eigenvalue weighted by Gasteiger charge is 2.40. The maximum Gasteiger partial charge on any atom is 0.348 e. The van der Waals surface area contributed by atoms with E-state index in [2.05, 4.69) is 10.3 Å². The minimum atomic E-state index is -4.02. The summed E-state index contributed by atoms with van der Waals surface area (Å²) in [5.74, 6) is -0.913. The number of furan rings is 1. The lowest BCUT2D eigenvalue weighted by Gasteiger charge is -2.19. The first-order chi connectivity index (χ1) is 18.7. The molecule has 1 saturated carbocycles. The van der Waals surface area contributed by atoms with Gasteiger partial charge in [-0.3, -0.25) is 14.9 Å². The number of esters is 1. The second kappa shape index (κ2) is 12.9. The summed E-state index contributed by atoms with van der Waals surface area (Å²) < 4.78 is 62.9. The van der Waals surface area contributed by atoms with Gasteiger partial charge in [-0.05, 0) is 56.3 Å². The molecule has 3 rings (SSSR count). The molecule has 1 aliphatic rings. The van der Waals surface area contributed by atoms with Crippen LogP contribution in [0.15, 0.2) is 30.7 Å². The zero-order valence-corrected chi connectivity index (χ0v) is 25.7. The highest BCUT2D eigenvalue weighted by molar-refractivity contribution is 7.91. The largest absolute Gasteiger partial charge is 0.768 e. The standard InChI is InChI=1S/C25H36N4O8S3/c1-7-29(16-9-10-16)40(34,35)25-21(30)17(12-38-25)27-20(22(39(32)33)24(31)36-8-2)23(26)28-19(13(3)4)18-11-14(5)15(6)37-18/h11-13,16,19,27,30H,7-10H2,1-6H3,(H2,26,28)(H,32,33). The van der Waals surface area contributed by atoms with Crippen molar-refractivity contribution in [1.82, 2.24) is 4.31 Å². The zero-order chi connectivity index (χ0) is 29.9. The van der Waals surface area contributed by atoms with E-state index in [0.717, 1.165) is 29.7 Å². The highest BCUT2D eigenvalue weighted by Crippen LogP contribution is 2.42. The van der Waals surface area contributed by atoms with Gasteiger partial charge in [0, 0.05) is 23.9 Å². The fourth-order valence-electron chi connectivity index (χ4n) is 4.09. The molecule has 40 heavy (non-hydrogen) atoms. The van der Waals surface area contributed by atoms with Gasteiger partial charge in [0.25, 0.3) is 15.9 Å². The Hall–Kier alpha value is -2.72. The third-order valence-corrected chi connectivity index (χ3v) is 10.6. The molecule has 0 aliphatic heterocycles. The van der Waals surface area contributed by atoms with Crippen molar-refractivity contribution in [2.24, 2.45) is 11.7 Å². The molecule has 0 bridgehead atoms. The monoisotopic (exact) mass is 616 g/mol. The first kappa shape index (κ1) is 31.8. The number of ether oxygens (including phenoxy) is 1.